The van der Waals surface area contributed by atoms with Gasteiger partial charge in [-0.1, -0.05) is 49.5 Å². The zero-order chi connectivity index (χ0) is 29.1. The van der Waals surface area contributed by atoms with Crippen molar-refractivity contribution in [3.05, 3.63) is 54.1 Å². The minimum Gasteiger partial charge on any atom is -0.497 e. The summed E-state index contributed by atoms with van der Waals surface area (Å²) in [6.45, 7) is 8.83. The minimum absolute atomic E-state index is 0.0174. The highest BCUT2D eigenvalue weighted by Gasteiger charge is 2.51. The fraction of sp³-hybridized carbons (Fsp3) is 0.562. The fourth-order valence-corrected chi connectivity index (χ4v) is 11.3. The molecule has 0 unspecified atom stereocenters. The molecule has 1 N–H and O–H groups in total. The Morgan fingerprint density at radius 3 is 2.44 bits per heavy atom. The van der Waals surface area contributed by atoms with E-state index in [0.29, 0.717) is 32.0 Å². The van der Waals surface area contributed by atoms with Gasteiger partial charge in [-0.3, -0.25) is 9.69 Å². The number of cyclic esters (lactones) is 1. The molecular formula is C32H44N2O6Si. The lowest BCUT2D eigenvalue weighted by atomic mass is 9.95. The first-order valence-corrected chi connectivity index (χ1v) is 18.0. The fourth-order valence-electron chi connectivity index (χ4n) is 7.27. The Morgan fingerprint density at radius 1 is 1.07 bits per heavy atom. The van der Waals surface area contributed by atoms with Crippen LogP contribution in [-0.4, -0.2) is 81.7 Å². The second kappa shape index (κ2) is 12.5. The van der Waals surface area contributed by atoms with Crippen molar-refractivity contribution in [3.8, 4) is 5.75 Å². The van der Waals surface area contributed by atoms with Gasteiger partial charge in [0.15, 0.2) is 0 Å². The number of methoxy groups -OCH3 is 1. The second-order valence-electron chi connectivity index (χ2n) is 12.3. The zero-order valence-corrected chi connectivity index (χ0v) is 25.8. The Hall–Kier alpha value is -2.88. The molecule has 3 heterocycles. The number of carbonyl (C=O) groups excluding carboxylic acids is 2. The topological polar surface area (TPSA) is 88.5 Å². The quantitative estimate of drug-likeness (QED) is 0.421. The number of aliphatic hydroxyl groups is 1. The number of nitrogens with zero attached hydrogens (tertiary/aromatic N) is 2. The zero-order valence-electron chi connectivity index (χ0n) is 24.8. The molecule has 2 aromatic carbocycles. The third-order valence-corrected chi connectivity index (χ3v) is 14.0. The van der Waals surface area contributed by atoms with E-state index in [1.807, 2.05) is 29.2 Å². The Kier molecular flexibility index (Phi) is 9.06. The maximum atomic E-state index is 13.5. The van der Waals surface area contributed by atoms with Crippen LogP contribution in [0, 0.1) is 5.92 Å². The molecule has 2 amide bonds. The molecule has 3 fully saturated rings. The molecule has 0 radical (unpaired) electrons. The van der Waals surface area contributed by atoms with Crippen LogP contribution in [0.1, 0.15) is 38.2 Å². The molecule has 8 nitrogen and oxygen atoms in total. The average Bonchev–Trinajstić information content (AvgIpc) is 3.71. The van der Waals surface area contributed by atoms with E-state index in [0.717, 1.165) is 37.1 Å². The standard InChI is InChI=1S/C32H44N2O6Si/c1-22-28(16-9-23-7-10-24(11-8-23)34-18-19-39-32(34)37)40-29(20-30(36)33-17-5-6-25(33)21-35)31(22)41(3,4)27-14-12-26(38-2)13-15-27/h7-8,10-15,22,25,28-29,31,35H,5-6,9,16-21H2,1-4H3/t22-,25-,28+,29-,31+/m0/s1. The van der Waals surface area contributed by atoms with Crippen LogP contribution in [0.4, 0.5) is 10.5 Å². The molecule has 9 heteroatoms. The third kappa shape index (κ3) is 6.17. The normalized spacial score (nSPS) is 26.5. The number of rotatable bonds is 10. The summed E-state index contributed by atoms with van der Waals surface area (Å²) in [5, 5.41) is 11.2. The van der Waals surface area contributed by atoms with E-state index < -0.39 is 8.07 Å². The number of benzene rings is 2. The summed E-state index contributed by atoms with van der Waals surface area (Å²) in [5.74, 6) is 1.23. The lowest BCUT2D eigenvalue weighted by Crippen LogP contribution is -2.51. The molecule has 41 heavy (non-hydrogen) atoms. The van der Waals surface area contributed by atoms with Gasteiger partial charge in [0.2, 0.25) is 5.91 Å². The van der Waals surface area contributed by atoms with Crippen LogP contribution in [0.25, 0.3) is 0 Å². The molecule has 0 bridgehead atoms. The number of aliphatic hydroxyl groups excluding tert-OH is 1. The van der Waals surface area contributed by atoms with E-state index in [2.05, 4.69) is 44.3 Å². The molecule has 5 atom stereocenters. The van der Waals surface area contributed by atoms with Gasteiger partial charge >= 0.3 is 6.09 Å². The van der Waals surface area contributed by atoms with Crippen molar-refractivity contribution < 1.29 is 28.9 Å². The van der Waals surface area contributed by atoms with Crippen LogP contribution in [0.3, 0.4) is 0 Å². The third-order valence-electron chi connectivity index (χ3n) is 9.58. The number of amides is 2. The van der Waals surface area contributed by atoms with Gasteiger partial charge in [-0.15, -0.1) is 0 Å². The molecule has 2 aromatic rings. The van der Waals surface area contributed by atoms with Gasteiger partial charge in [0.05, 0.1) is 53.0 Å². The summed E-state index contributed by atoms with van der Waals surface area (Å²) in [5.41, 5.74) is 2.32. The molecule has 3 aliphatic heterocycles. The summed E-state index contributed by atoms with van der Waals surface area (Å²) < 4.78 is 17.3. The lowest BCUT2D eigenvalue weighted by molar-refractivity contribution is -0.135. The Bertz CT molecular complexity index is 1200. The number of likely N-dealkylation sites (tertiary alicyclic amines) is 1. The van der Waals surface area contributed by atoms with Gasteiger partial charge in [0.1, 0.15) is 12.4 Å². The predicted octanol–water partition coefficient (Wildman–Crippen LogP) is 4.35. The summed E-state index contributed by atoms with van der Waals surface area (Å²) >= 11 is 0. The van der Waals surface area contributed by atoms with Crippen molar-refractivity contribution >= 4 is 30.9 Å². The minimum atomic E-state index is -2.07. The van der Waals surface area contributed by atoms with Crippen LogP contribution in [0.5, 0.6) is 5.75 Å². The molecule has 3 saturated heterocycles. The Balaban J connectivity index is 1.32. The van der Waals surface area contributed by atoms with Gasteiger partial charge in [-0.2, -0.15) is 0 Å². The molecule has 222 valence electrons. The maximum Gasteiger partial charge on any atom is 0.414 e. The summed E-state index contributed by atoms with van der Waals surface area (Å²) in [6, 6.07) is 16.5. The Labute approximate surface area is 244 Å². The van der Waals surface area contributed by atoms with Crippen molar-refractivity contribution in [2.45, 2.75) is 75.9 Å². The number of hydrogen-bond donors (Lipinski definition) is 1. The van der Waals surface area contributed by atoms with Gasteiger partial charge < -0.3 is 24.2 Å². The van der Waals surface area contributed by atoms with Crippen LogP contribution < -0.4 is 14.8 Å². The van der Waals surface area contributed by atoms with E-state index in [9.17, 15) is 14.7 Å². The van der Waals surface area contributed by atoms with Gasteiger partial charge in [-0.25, -0.2) is 4.79 Å². The SMILES string of the molecule is COc1ccc([Si](C)(C)[C@@H]2[C@@H](C)[C@@H](CCc3ccc(N4CCOC4=O)cc3)O[C@H]2CC(=O)N2CCC[C@H]2CO)cc1. The van der Waals surface area contributed by atoms with E-state index in [1.54, 1.807) is 12.0 Å². The van der Waals surface area contributed by atoms with Crippen LogP contribution in [0.15, 0.2) is 48.5 Å². The first-order chi connectivity index (χ1) is 19.7. The predicted molar refractivity (Wildman–Crippen MR) is 162 cm³/mol. The average molecular weight is 581 g/mol. The van der Waals surface area contributed by atoms with E-state index in [-0.39, 0.29) is 42.4 Å². The van der Waals surface area contributed by atoms with Gasteiger partial charge in [0, 0.05) is 12.2 Å². The number of hydrogen-bond acceptors (Lipinski definition) is 6. The smallest absolute Gasteiger partial charge is 0.414 e. The first kappa shape index (κ1) is 29.6. The van der Waals surface area contributed by atoms with Crippen LogP contribution in [-0.2, 0) is 20.7 Å². The van der Waals surface area contributed by atoms with Crippen molar-refractivity contribution in [1.82, 2.24) is 4.90 Å². The molecule has 3 aliphatic rings. The second-order valence-corrected chi connectivity index (χ2v) is 17.0. The summed E-state index contributed by atoms with van der Waals surface area (Å²) in [6.07, 6.45) is 3.47. The molecule has 0 aliphatic carbocycles. The Morgan fingerprint density at radius 2 is 1.80 bits per heavy atom. The highest BCUT2D eigenvalue weighted by atomic mass is 28.3. The van der Waals surface area contributed by atoms with Crippen LogP contribution in [0.2, 0.25) is 18.6 Å². The number of aryl methyl sites for hydroxylation is 1. The monoisotopic (exact) mass is 580 g/mol. The van der Waals surface area contributed by atoms with Gasteiger partial charge in [-0.05, 0) is 67.0 Å². The van der Waals surface area contributed by atoms with Crippen molar-refractivity contribution in [1.29, 1.82) is 0 Å². The number of anilines is 1. The molecule has 0 saturated carbocycles. The van der Waals surface area contributed by atoms with E-state index in [1.165, 1.54) is 10.8 Å². The molecule has 5 rings (SSSR count). The number of ether oxygens (including phenoxy) is 3. The first-order valence-electron chi connectivity index (χ1n) is 15.0. The van der Waals surface area contributed by atoms with E-state index >= 15 is 0 Å². The van der Waals surface area contributed by atoms with Gasteiger partial charge in [0.25, 0.3) is 0 Å². The lowest BCUT2D eigenvalue weighted by Gasteiger charge is -2.36. The van der Waals surface area contributed by atoms with E-state index in [4.69, 9.17) is 14.2 Å². The number of carbonyl (C=O) groups is 2. The maximum absolute atomic E-state index is 13.5. The highest BCUT2D eigenvalue weighted by molar-refractivity contribution is 6.91. The highest BCUT2D eigenvalue weighted by Crippen LogP contribution is 2.46. The summed E-state index contributed by atoms with van der Waals surface area (Å²) in [7, 11) is -0.386. The summed E-state index contributed by atoms with van der Waals surface area (Å²) in [4.78, 5) is 29.0. The van der Waals surface area contributed by atoms with Crippen molar-refractivity contribution in [2.75, 3.05) is 38.3 Å². The van der Waals surface area contributed by atoms with Crippen molar-refractivity contribution in [2.24, 2.45) is 5.92 Å². The van der Waals surface area contributed by atoms with Crippen molar-refractivity contribution in [3.63, 3.8) is 0 Å². The van der Waals surface area contributed by atoms with Crippen LogP contribution >= 0.6 is 0 Å². The molecule has 0 aromatic heterocycles. The largest absolute Gasteiger partial charge is 0.497 e. The molecule has 0 spiro atoms. The molecular weight excluding hydrogens is 536 g/mol.